The SMILES string of the molecule is CCNC(=NCc1ccc(F)cc1CSC)NCCc1nc2ccccc2[nH]1.I. The standard InChI is InChI=1S/C21H26FN5S.HI/c1-3-23-21(25-13-15-8-9-17(22)12-16(15)14-28-2)24-11-10-20-26-18-6-4-5-7-19(18)27-20;/h4-9,12H,3,10-11,13-14H2,1-2H3,(H,26,27)(H2,23,24,25);1H. The van der Waals surface area contributed by atoms with Gasteiger partial charge >= 0.3 is 0 Å². The van der Waals surface area contributed by atoms with Crippen molar-refractivity contribution < 1.29 is 4.39 Å². The van der Waals surface area contributed by atoms with Crippen molar-refractivity contribution in [2.75, 3.05) is 19.3 Å². The molecule has 0 fully saturated rings. The summed E-state index contributed by atoms with van der Waals surface area (Å²) in [6.07, 6.45) is 2.79. The number of para-hydroxylation sites is 2. The molecule has 0 bridgehead atoms. The van der Waals surface area contributed by atoms with Gasteiger partial charge in [-0.1, -0.05) is 18.2 Å². The number of H-pyrrole nitrogens is 1. The first-order valence-corrected chi connectivity index (χ1v) is 10.8. The van der Waals surface area contributed by atoms with Crippen LogP contribution in [0, 0.1) is 5.82 Å². The average Bonchev–Trinajstić information content (AvgIpc) is 3.10. The Morgan fingerprint density at radius 1 is 1.17 bits per heavy atom. The Bertz CT molecular complexity index is 911. The van der Waals surface area contributed by atoms with Crippen LogP contribution in [-0.4, -0.2) is 35.3 Å². The monoisotopic (exact) mass is 527 g/mol. The highest BCUT2D eigenvalue weighted by atomic mass is 127. The largest absolute Gasteiger partial charge is 0.357 e. The average molecular weight is 527 g/mol. The number of imidazole rings is 1. The zero-order valence-corrected chi connectivity index (χ0v) is 19.8. The Balaban J connectivity index is 0.00000300. The third-order valence-electron chi connectivity index (χ3n) is 4.31. The van der Waals surface area contributed by atoms with Crippen LogP contribution in [0.15, 0.2) is 47.5 Å². The van der Waals surface area contributed by atoms with E-state index in [0.29, 0.717) is 13.1 Å². The highest BCUT2D eigenvalue weighted by Gasteiger charge is 2.06. The van der Waals surface area contributed by atoms with E-state index in [1.54, 1.807) is 17.8 Å². The molecule has 0 radical (unpaired) electrons. The molecule has 0 aliphatic rings. The van der Waals surface area contributed by atoms with Gasteiger partial charge in [-0.15, -0.1) is 24.0 Å². The Morgan fingerprint density at radius 2 is 2.00 bits per heavy atom. The lowest BCUT2D eigenvalue weighted by Gasteiger charge is -2.12. The predicted octanol–water partition coefficient (Wildman–Crippen LogP) is 4.48. The van der Waals surface area contributed by atoms with Gasteiger partial charge in [0.15, 0.2) is 5.96 Å². The molecule has 8 heteroatoms. The second-order valence-electron chi connectivity index (χ2n) is 6.42. The summed E-state index contributed by atoms with van der Waals surface area (Å²) in [6.45, 7) is 4.04. The van der Waals surface area contributed by atoms with E-state index >= 15 is 0 Å². The van der Waals surface area contributed by atoms with Crippen LogP contribution < -0.4 is 10.6 Å². The van der Waals surface area contributed by atoms with Gasteiger partial charge in [0.2, 0.25) is 0 Å². The van der Waals surface area contributed by atoms with Crippen LogP contribution in [0.1, 0.15) is 23.9 Å². The van der Waals surface area contributed by atoms with Gasteiger partial charge in [0, 0.05) is 25.3 Å². The number of aliphatic imine (C=N–C) groups is 1. The Morgan fingerprint density at radius 3 is 2.76 bits per heavy atom. The Labute approximate surface area is 192 Å². The lowest BCUT2D eigenvalue weighted by atomic mass is 10.1. The molecular weight excluding hydrogens is 500 g/mol. The Hall–Kier alpha value is -1.81. The zero-order valence-electron chi connectivity index (χ0n) is 16.7. The number of halogens is 2. The fourth-order valence-corrected chi connectivity index (χ4v) is 3.55. The molecule has 5 nitrogen and oxygen atoms in total. The molecule has 1 heterocycles. The van der Waals surface area contributed by atoms with Gasteiger partial charge < -0.3 is 15.6 Å². The number of aromatic nitrogens is 2. The summed E-state index contributed by atoms with van der Waals surface area (Å²) in [5.41, 5.74) is 4.08. The van der Waals surface area contributed by atoms with Crippen molar-refractivity contribution in [2.24, 2.45) is 4.99 Å². The molecule has 0 amide bonds. The summed E-state index contributed by atoms with van der Waals surface area (Å²) < 4.78 is 13.5. The smallest absolute Gasteiger partial charge is 0.191 e. The van der Waals surface area contributed by atoms with Crippen LogP contribution in [0.25, 0.3) is 11.0 Å². The number of benzene rings is 2. The summed E-state index contributed by atoms with van der Waals surface area (Å²) in [4.78, 5) is 12.6. The van der Waals surface area contributed by atoms with Gasteiger partial charge in [0.1, 0.15) is 11.6 Å². The minimum absolute atomic E-state index is 0. The molecule has 0 aliphatic carbocycles. The topological polar surface area (TPSA) is 65.1 Å². The molecule has 0 spiro atoms. The van der Waals surface area contributed by atoms with Crippen LogP contribution in [-0.2, 0) is 18.7 Å². The van der Waals surface area contributed by atoms with Gasteiger partial charge in [-0.2, -0.15) is 11.8 Å². The maximum atomic E-state index is 13.5. The number of guanidine groups is 1. The Kier molecular flexibility index (Phi) is 9.72. The first-order chi connectivity index (χ1) is 13.7. The molecule has 0 saturated heterocycles. The first-order valence-electron chi connectivity index (χ1n) is 9.41. The van der Waals surface area contributed by atoms with Crippen molar-refractivity contribution in [1.29, 1.82) is 0 Å². The highest BCUT2D eigenvalue weighted by molar-refractivity contribution is 14.0. The first kappa shape index (κ1) is 23.5. The molecule has 2 aromatic carbocycles. The van der Waals surface area contributed by atoms with Crippen LogP contribution in [0.5, 0.6) is 0 Å². The molecule has 3 N–H and O–H groups in total. The van der Waals surface area contributed by atoms with E-state index < -0.39 is 0 Å². The van der Waals surface area contributed by atoms with Crippen molar-refractivity contribution in [3.05, 3.63) is 65.2 Å². The molecule has 0 atom stereocenters. The number of thioether (sulfide) groups is 1. The van der Waals surface area contributed by atoms with Crippen LogP contribution in [0.3, 0.4) is 0 Å². The molecule has 3 aromatic rings. The number of aromatic amines is 1. The van der Waals surface area contributed by atoms with Gasteiger partial charge in [-0.25, -0.2) is 14.4 Å². The minimum atomic E-state index is -0.201. The van der Waals surface area contributed by atoms with E-state index in [-0.39, 0.29) is 29.8 Å². The van der Waals surface area contributed by atoms with Crippen molar-refractivity contribution in [3.63, 3.8) is 0 Å². The number of hydrogen-bond donors (Lipinski definition) is 3. The van der Waals surface area contributed by atoms with E-state index in [4.69, 9.17) is 0 Å². The normalized spacial score (nSPS) is 11.3. The third kappa shape index (κ3) is 6.88. The maximum Gasteiger partial charge on any atom is 0.191 e. The zero-order chi connectivity index (χ0) is 19.8. The summed E-state index contributed by atoms with van der Waals surface area (Å²) in [6, 6.07) is 12.9. The van der Waals surface area contributed by atoms with E-state index in [9.17, 15) is 4.39 Å². The van der Waals surface area contributed by atoms with E-state index in [0.717, 1.165) is 52.7 Å². The quantitative estimate of drug-likeness (QED) is 0.230. The lowest BCUT2D eigenvalue weighted by Crippen LogP contribution is -2.38. The fourth-order valence-electron chi connectivity index (χ4n) is 2.97. The number of nitrogens with zero attached hydrogens (tertiary/aromatic N) is 2. The van der Waals surface area contributed by atoms with Gasteiger partial charge in [0.25, 0.3) is 0 Å². The summed E-state index contributed by atoms with van der Waals surface area (Å²) in [7, 11) is 0. The second kappa shape index (κ2) is 12.0. The van der Waals surface area contributed by atoms with Crippen molar-refractivity contribution in [2.45, 2.75) is 25.6 Å². The number of hydrogen-bond acceptors (Lipinski definition) is 3. The van der Waals surface area contributed by atoms with Crippen molar-refractivity contribution >= 4 is 52.7 Å². The van der Waals surface area contributed by atoms with Crippen LogP contribution in [0.2, 0.25) is 0 Å². The van der Waals surface area contributed by atoms with E-state index in [1.165, 1.54) is 6.07 Å². The van der Waals surface area contributed by atoms with Gasteiger partial charge in [0.05, 0.1) is 17.6 Å². The molecular formula is C21H27FIN5S. The van der Waals surface area contributed by atoms with Gasteiger partial charge in [-0.05, 0) is 48.6 Å². The van der Waals surface area contributed by atoms with Crippen molar-refractivity contribution in [1.82, 2.24) is 20.6 Å². The molecule has 0 saturated carbocycles. The van der Waals surface area contributed by atoms with E-state index in [2.05, 4.69) is 25.6 Å². The summed E-state index contributed by atoms with van der Waals surface area (Å²) in [5.74, 6) is 2.27. The minimum Gasteiger partial charge on any atom is -0.357 e. The van der Waals surface area contributed by atoms with Crippen LogP contribution in [0.4, 0.5) is 4.39 Å². The predicted molar refractivity (Wildman–Crippen MR) is 132 cm³/mol. The lowest BCUT2D eigenvalue weighted by molar-refractivity contribution is 0.625. The molecule has 3 rings (SSSR count). The number of rotatable bonds is 8. The molecule has 0 unspecified atom stereocenters. The number of nitrogens with one attached hydrogen (secondary N) is 3. The molecule has 0 aliphatic heterocycles. The molecule has 29 heavy (non-hydrogen) atoms. The number of fused-ring (bicyclic) bond motifs is 1. The second-order valence-corrected chi connectivity index (χ2v) is 7.28. The molecule has 1 aromatic heterocycles. The highest BCUT2D eigenvalue weighted by Crippen LogP contribution is 2.17. The van der Waals surface area contributed by atoms with E-state index in [1.807, 2.05) is 43.5 Å². The third-order valence-corrected chi connectivity index (χ3v) is 4.91. The van der Waals surface area contributed by atoms with Gasteiger partial charge in [-0.3, -0.25) is 0 Å². The van der Waals surface area contributed by atoms with Crippen molar-refractivity contribution in [3.8, 4) is 0 Å². The summed E-state index contributed by atoms with van der Waals surface area (Å²) >= 11 is 1.68. The fraction of sp³-hybridized carbons (Fsp3) is 0.333. The summed E-state index contributed by atoms with van der Waals surface area (Å²) in [5, 5.41) is 6.60. The van der Waals surface area contributed by atoms with Crippen LogP contribution >= 0.6 is 35.7 Å². The molecule has 156 valence electrons. The maximum absolute atomic E-state index is 13.5.